The first-order chi connectivity index (χ1) is 9.61. The summed E-state index contributed by atoms with van der Waals surface area (Å²) in [6.07, 6.45) is 1.20. The molecule has 6 nitrogen and oxygen atoms in total. The molecule has 1 aromatic rings. The number of anilines is 3. The van der Waals surface area contributed by atoms with E-state index in [1.54, 1.807) is 6.07 Å². The Morgan fingerprint density at radius 1 is 1.55 bits per heavy atom. The Bertz CT molecular complexity index is 532. The Balaban J connectivity index is 1.70. The van der Waals surface area contributed by atoms with E-state index in [2.05, 4.69) is 22.6 Å². The maximum absolute atomic E-state index is 11.3. The third-order valence-electron chi connectivity index (χ3n) is 3.85. The molecule has 0 radical (unpaired) electrons. The van der Waals surface area contributed by atoms with E-state index in [0.29, 0.717) is 23.0 Å². The van der Waals surface area contributed by atoms with Gasteiger partial charge in [0.15, 0.2) is 6.61 Å². The van der Waals surface area contributed by atoms with Gasteiger partial charge in [-0.05, 0) is 32.0 Å². The van der Waals surface area contributed by atoms with Crippen LogP contribution in [0.5, 0.6) is 5.75 Å². The summed E-state index contributed by atoms with van der Waals surface area (Å²) >= 11 is 0. The number of nitrogens with zero attached hydrogens (tertiary/aromatic N) is 1. The van der Waals surface area contributed by atoms with E-state index < -0.39 is 0 Å². The predicted molar refractivity (Wildman–Crippen MR) is 79.1 cm³/mol. The van der Waals surface area contributed by atoms with Crippen LogP contribution in [0.1, 0.15) is 6.42 Å². The van der Waals surface area contributed by atoms with Crippen LogP contribution in [0, 0.1) is 5.92 Å². The van der Waals surface area contributed by atoms with Crippen molar-refractivity contribution in [1.82, 2.24) is 4.90 Å². The molecule has 0 spiro atoms. The molecule has 0 bridgehead atoms. The fraction of sp³-hybridized carbons (Fsp3) is 0.500. The van der Waals surface area contributed by atoms with E-state index in [-0.39, 0.29) is 12.5 Å². The number of amides is 1. The molecule has 1 amide bonds. The van der Waals surface area contributed by atoms with Gasteiger partial charge in [-0.3, -0.25) is 4.79 Å². The van der Waals surface area contributed by atoms with Crippen LogP contribution in [0.25, 0.3) is 0 Å². The van der Waals surface area contributed by atoms with Gasteiger partial charge in [0.25, 0.3) is 5.91 Å². The third-order valence-corrected chi connectivity index (χ3v) is 3.85. The highest BCUT2D eigenvalue weighted by Crippen LogP contribution is 2.35. The second kappa shape index (κ2) is 5.20. The molecule has 3 rings (SSSR count). The van der Waals surface area contributed by atoms with Crippen LogP contribution in [0.4, 0.5) is 17.1 Å². The average molecular weight is 276 g/mol. The second-order valence-electron chi connectivity index (χ2n) is 5.57. The van der Waals surface area contributed by atoms with Crippen molar-refractivity contribution >= 4 is 23.0 Å². The molecule has 1 atom stereocenters. The highest BCUT2D eigenvalue weighted by molar-refractivity contribution is 5.97. The van der Waals surface area contributed by atoms with Gasteiger partial charge >= 0.3 is 0 Å². The molecule has 108 valence electrons. The number of nitrogens with one attached hydrogen (secondary N) is 2. The molecule has 1 fully saturated rings. The number of carbonyl (C=O) groups is 1. The van der Waals surface area contributed by atoms with Crippen molar-refractivity contribution in [3.05, 3.63) is 12.1 Å². The molecule has 20 heavy (non-hydrogen) atoms. The first-order valence-corrected chi connectivity index (χ1v) is 6.90. The minimum Gasteiger partial charge on any atom is -0.482 e. The first kappa shape index (κ1) is 13.1. The SMILES string of the molecule is CN1CCC(CNc2cc3c(cc2N)OCC(=O)N3)C1. The van der Waals surface area contributed by atoms with E-state index in [4.69, 9.17) is 10.5 Å². The third kappa shape index (κ3) is 2.65. The Morgan fingerprint density at radius 3 is 3.15 bits per heavy atom. The lowest BCUT2D eigenvalue weighted by Crippen LogP contribution is -2.25. The van der Waals surface area contributed by atoms with Gasteiger partial charge in [0.1, 0.15) is 5.75 Å². The van der Waals surface area contributed by atoms with Crippen LogP contribution >= 0.6 is 0 Å². The summed E-state index contributed by atoms with van der Waals surface area (Å²) in [5.74, 6) is 1.14. The summed E-state index contributed by atoms with van der Waals surface area (Å²) in [5.41, 5.74) is 8.20. The Morgan fingerprint density at radius 2 is 2.40 bits per heavy atom. The lowest BCUT2D eigenvalue weighted by molar-refractivity contribution is -0.118. The topological polar surface area (TPSA) is 79.6 Å². The average Bonchev–Trinajstić information content (AvgIpc) is 2.83. The highest BCUT2D eigenvalue weighted by atomic mass is 16.5. The van der Waals surface area contributed by atoms with E-state index in [1.165, 1.54) is 6.42 Å². The molecule has 1 aromatic carbocycles. The monoisotopic (exact) mass is 276 g/mol. The summed E-state index contributed by atoms with van der Waals surface area (Å²) in [7, 11) is 2.14. The molecule has 1 saturated heterocycles. The van der Waals surface area contributed by atoms with Crippen molar-refractivity contribution in [2.75, 3.05) is 49.7 Å². The van der Waals surface area contributed by atoms with Crippen molar-refractivity contribution in [2.24, 2.45) is 5.92 Å². The van der Waals surface area contributed by atoms with Gasteiger partial charge in [0.05, 0.1) is 17.1 Å². The second-order valence-corrected chi connectivity index (χ2v) is 5.57. The van der Waals surface area contributed by atoms with Gasteiger partial charge in [0.2, 0.25) is 0 Å². The van der Waals surface area contributed by atoms with Gasteiger partial charge in [-0.25, -0.2) is 0 Å². The Hall–Kier alpha value is -1.95. The smallest absolute Gasteiger partial charge is 0.262 e. The van der Waals surface area contributed by atoms with Crippen LogP contribution < -0.4 is 21.1 Å². The molecule has 4 N–H and O–H groups in total. The normalized spacial score (nSPS) is 22.1. The van der Waals surface area contributed by atoms with E-state index in [9.17, 15) is 4.79 Å². The van der Waals surface area contributed by atoms with Crippen molar-refractivity contribution in [1.29, 1.82) is 0 Å². The van der Waals surface area contributed by atoms with Crippen LogP contribution in [-0.2, 0) is 4.79 Å². The van der Waals surface area contributed by atoms with E-state index in [1.807, 2.05) is 6.07 Å². The van der Waals surface area contributed by atoms with Gasteiger partial charge in [0, 0.05) is 19.2 Å². The van der Waals surface area contributed by atoms with Crippen LogP contribution in [0.2, 0.25) is 0 Å². The summed E-state index contributed by atoms with van der Waals surface area (Å²) in [4.78, 5) is 13.7. The van der Waals surface area contributed by atoms with Crippen molar-refractivity contribution in [2.45, 2.75) is 6.42 Å². The number of hydrogen-bond donors (Lipinski definition) is 3. The van der Waals surface area contributed by atoms with Gasteiger partial charge in [-0.2, -0.15) is 0 Å². The Kier molecular flexibility index (Phi) is 3.40. The van der Waals surface area contributed by atoms with Crippen molar-refractivity contribution in [3.63, 3.8) is 0 Å². The number of fused-ring (bicyclic) bond motifs is 1. The molecule has 1 unspecified atom stereocenters. The number of benzene rings is 1. The molecular formula is C14H20N4O2. The summed E-state index contributed by atoms with van der Waals surface area (Å²) in [5, 5.41) is 6.18. The number of rotatable bonds is 3. The lowest BCUT2D eigenvalue weighted by atomic mass is 10.1. The zero-order chi connectivity index (χ0) is 14.1. The molecule has 0 aliphatic carbocycles. The minimum absolute atomic E-state index is 0.0492. The number of carbonyl (C=O) groups excluding carboxylic acids is 1. The zero-order valence-corrected chi connectivity index (χ0v) is 11.6. The molecule has 2 heterocycles. The van der Waals surface area contributed by atoms with Gasteiger partial charge in [-0.1, -0.05) is 0 Å². The largest absolute Gasteiger partial charge is 0.482 e. The molecular weight excluding hydrogens is 256 g/mol. The maximum atomic E-state index is 11.3. The quantitative estimate of drug-likeness (QED) is 0.717. The highest BCUT2D eigenvalue weighted by Gasteiger charge is 2.21. The lowest BCUT2D eigenvalue weighted by Gasteiger charge is -2.21. The van der Waals surface area contributed by atoms with Gasteiger partial charge in [-0.15, -0.1) is 0 Å². The van der Waals surface area contributed by atoms with Crippen LogP contribution in [0.3, 0.4) is 0 Å². The molecule has 2 aliphatic rings. The number of nitrogen functional groups attached to an aromatic ring is 1. The standard InChI is InChI=1S/C14H20N4O2/c1-18-3-2-9(7-18)6-16-11-5-12-13(4-10(11)15)20-8-14(19)17-12/h4-5,9,16H,2-3,6-8,15H2,1H3,(H,17,19). The number of likely N-dealkylation sites (tertiary alicyclic amines) is 1. The summed E-state index contributed by atoms with van der Waals surface area (Å²) < 4.78 is 5.34. The maximum Gasteiger partial charge on any atom is 0.262 e. The van der Waals surface area contributed by atoms with Crippen molar-refractivity contribution in [3.8, 4) is 5.75 Å². The number of hydrogen-bond acceptors (Lipinski definition) is 5. The first-order valence-electron chi connectivity index (χ1n) is 6.90. The van der Waals surface area contributed by atoms with E-state index >= 15 is 0 Å². The van der Waals surface area contributed by atoms with Gasteiger partial charge < -0.3 is 26.0 Å². The fourth-order valence-corrected chi connectivity index (χ4v) is 2.74. The minimum atomic E-state index is -0.134. The molecule has 6 heteroatoms. The Labute approximate surface area is 118 Å². The summed E-state index contributed by atoms with van der Waals surface area (Å²) in [6, 6.07) is 3.61. The fourth-order valence-electron chi connectivity index (χ4n) is 2.74. The van der Waals surface area contributed by atoms with Crippen molar-refractivity contribution < 1.29 is 9.53 Å². The molecule has 0 aromatic heterocycles. The molecule has 0 saturated carbocycles. The van der Waals surface area contributed by atoms with Crippen LogP contribution in [0.15, 0.2) is 12.1 Å². The zero-order valence-electron chi connectivity index (χ0n) is 11.6. The summed E-state index contributed by atoms with van der Waals surface area (Å²) in [6.45, 7) is 3.20. The molecule has 2 aliphatic heterocycles. The number of nitrogens with two attached hydrogens (primary N) is 1. The van der Waals surface area contributed by atoms with E-state index in [0.717, 1.165) is 25.3 Å². The predicted octanol–water partition coefficient (Wildman–Crippen LogP) is 0.963. The number of ether oxygens (including phenoxy) is 1. The van der Waals surface area contributed by atoms with Crippen LogP contribution in [-0.4, -0.2) is 44.1 Å².